The average Bonchev–Trinajstić information content (AvgIpc) is 2.56. The van der Waals surface area contributed by atoms with E-state index in [4.69, 9.17) is 4.74 Å². The molecule has 0 aliphatic rings. The molecule has 0 aromatic heterocycles. The van der Waals surface area contributed by atoms with Crippen LogP contribution in [-0.4, -0.2) is 20.1 Å². The molecular formula is C18H23NO2. The molecule has 1 amide bonds. The number of carbonyl (C=O) groups excluding carboxylic acids is 1. The quantitative estimate of drug-likeness (QED) is 0.841. The highest BCUT2D eigenvalue weighted by Gasteiger charge is 2.15. The lowest BCUT2D eigenvalue weighted by atomic mass is 10.1. The van der Waals surface area contributed by atoms with Crippen LogP contribution in [0.1, 0.15) is 29.8 Å². The lowest BCUT2D eigenvalue weighted by Gasteiger charge is -2.19. The predicted molar refractivity (Wildman–Crippen MR) is 88.3 cm³/mol. The number of benzene rings is 2. The monoisotopic (exact) mass is 285 g/mol. The van der Waals surface area contributed by atoms with Gasteiger partial charge in [-0.05, 0) is 36.8 Å². The number of para-hydroxylation sites is 1. The van der Waals surface area contributed by atoms with Gasteiger partial charge < -0.3 is 9.64 Å². The van der Waals surface area contributed by atoms with E-state index in [0.717, 1.165) is 11.3 Å². The summed E-state index contributed by atoms with van der Waals surface area (Å²) in [4.78, 5) is 14.1. The normalized spacial score (nSPS) is 9.38. The molecule has 2 rings (SSSR count). The number of aryl methyl sites for hydroxylation is 1. The topological polar surface area (TPSA) is 29.5 Å². The zero-order valence-corrected chi connectivity index (χ0v) is 13.4. The maximum absolute atomic E-state index is 12.4. The first kappa shape index (κ1) is 16.8. The first-order valence-electron chi connectivity index (χ1n) is 7.11. The van der Waals surface area contributed by atoms with Crippen molar-refractivity contribution in [1.29, 1.82) is 0 Å². The standard InChI is InChI=1S/C16H17NO2.C2H6/c1-12-7-4-5-10-15(12)17(2)16(18)13-8-6-9-14(11-13)19-3;1-2/h4-11H,1-3H3;1-2H3. The van der Waals surface area contributed by atoms with Gasteiger partial charge in [0.25, 0.3) is 5.91 Å². The minimum absolute atomic E-state index is 0.0480. The molecule has 0 N–H and O–H groups in total. The Balaban J connectivity index is 0.00000106. The molecule has 0 aliphatic heterocycles. The molecule has 0 fully saturated rings. The third-order valence-corrected chi connectivity index (χ3v) is 3.10. The molecule has 112 valence electrons. The van der Waals surface area contributed by atoms with Crippen LogP contribution in [0.5, 0.6) is 5.75 Å². The van der Waals surface area contributed by atoms with E-state index in [1.54, 1.807) is 31.2 Å². The van der Waals surface area contributed by atoms with Crippen molar-refractivity contribution in [2.24, 2.45) is 0 Å². The lowest BCUT2D eigenvalue weighted by Crippen LogP contribution is -2.26. The second-order valence-electron chi connectivity index (χ2n) is 4.38. The van der Waals surface area contributed by atoms with Gasteiger partial charge in [-0.15, -0.1) is 0 Å². The molecular weight excluding hydrogens is 262 g/mol. The predicted octanol–water partition coefficient (Wildman–Crippen LogP) is 4.31. The SMILES string of the molecule is CC.COc1cccc(C(=O)N(C)c2ccccc2C)c1. The number of hydrogen-bond donors (Lipinski definition) is 0. The zero-order valence-electron chi connectivity index (χ0n) is 13.4. The summed E-state index contributed by atoms with van der Waals surface area (Å²) >= 11 is 0. The number of nitrogens with zero attached hydrogens (tertiary/aromatic N) is 1. The second-order valence-corrected chi connectivity index (χ2v) is 4.38. The van der Waals surface area contributed by atoms with Crippen molar-refractivity contribution in [2.45, 2.75) is 20.8 Å². The summed E-state index contributed by atoms with van der Waals surface area (Å²) < 4.78 is 5.14. The first-order chi connectivity index (χ1) is 10.1. The van der Waals surface area contributed by atoms with Gasteiger partial charge in [0.2, 0.25) is 0 Å². The Morgan fingerprint density at radius 3 is 2.33 bits per heavy atom. The Morgan fingerprint density at radius 2 is 1.71 bits per heavy atom. The van der Waals surface area contributed by atoms with E-state index in [9.17, 15) is 4.79 Å². The fourth-order valence-corrected chi connectivity index (χ4v) is 2.00. The van der Waals surface area contributed by atoms with Crippen molar-refractivity contribution in [1.82, 2.24) is 0 Å². The van der Waals surface area contributed by atoms with Crippen molar-refractivity contribution in [2.75, 3.05) is 19.1 Å². The molecule has 0 aliphatic carbocycles. The van der Waals surface area contributed by atoms with Crippen molar-refractivity contribution >= 4 is 11.6 Å². The van der Waals surface area contributed by atoms with E-state index < -0.39 is 0 Å². The van der Waals surface area contributed by atoms with Crippen LogP contribution < -0.4 is 9.64 Å². The van der Waals surface area contributed by atoms with E-state index in [0.29, 0.717) is 11.3 Å². The van der Waals surface area contributed by atoms with Crippen LogP contribution >= 0.6 is 0 Å². The van der Waals surface area contributed by atoms with Crippen LogP contribution in [0.4, 0.5) is 5.69 Å². The molecule has 0 saturated carbocycles. The highest BCUT2D eigenvalue weighted by atomic mass is 16.5. The van der Waals surface area contributed by atoms with Gasteiger partial charge in [-0.2, -0.15) is 0 Å². The smallest absolute Gasteiger partial charge is 0.258 e. The highest BCUT2D eigenvalue weighted by molar-refractivity contribution is 6.06. The first-order valence-corrected chi connectivity index (χ1v) is 7.11. The van der Waals surface area contributed by atoms with Crippen LogP contribution in [0.2, 0.25) is 0 Å². The Kier molecular flexibility index (Phi) is 6.47. The lowest BCUT2D eigenvalue weighted by molar-refractivity contribution is 0.0992. The molecule has 0 atom stereocenters. The summed E-state index contributed by atoms with van der Waals surface area (Å²) in [6.45, 7) is 5.99. The Morgan fingerprint density at radius 1 is 1.05 bits per heavy atom. The van der Waals surface area contributed by atoms with Gasteiger partial charge in [-0.3, -0.25) is 4.79 Å². The minimum atomic E-state index is -0.0480. The fourth-order valence-electron chi connectivity index (χ4n) is 2.00. The van der Waals surface area contributed by atoms with Crippen LogP contribution in [-0.2, 0) is 0 Å². The zero-order chi connectivity index (χ0) is 15.8. The average molecular weight is 285 g/mol. The van der Waals surface area contributed by atoms with Crippen molar-refractivity contribution < 1.29 is 9.53 Å². The van der Waals surface area contributed by atoms with E-state index in [2.05, 4.69) is 0 Å². The van der Waals surface area contributed by atoms with E-state index in [1.165, 1.54) is 0 Å². The largest absolute Gasteiger partial charge is 0.497 e. The molecule has 2 aromatic rings. The maximum Gasteiger partial charge on any atom is 0.258 e. The maximum atomic E-state index is 12.4. The van der Waals surface area contributed by atoms with Gasteiger partial charge in [0.05, 0.1) is 7.11 Å². The summed E-state index contributed by atoms with van der Waals surface area (Å²) in [5.41, 5.74) is 2.60. The number of methoxy groups -OCH3 is 1. The molecule has 0 heterocycles. The van der Waals surface area contributed by atoms with E-state index in [-0.39, 0.29) is 5.91 Å². The third kappa shape index (κ3) is 4.09. The van der Waals surface area contributed by atoms with E-state index >= 15 is 0 Å². The van der Waals surface area contributed by atoms with Gasteiger partial charge in [-0.1, -0.05) is 38.1 Å². The van der Waals surface area contributed by atoms with Crippen molar-refractivity contribution in [3.8, 4) is 5.75 Å². The van der Waals surface area contributed by atoms with Crippen LogP contribution in [0, 0.1) is 6.92 Å². The summed E-state index contributed by atoms with van der Waals surface area (Å²) in [5, 5.41) is 0. The summed E-state index contributed by atoms with van der Waals surface area (Å²) in [5.74, 6) is 0.636. The molecule has 0 bridgehead atoms. The second kappa shape index (κ2) is 8.10. The van der Waals surface area contributed by atoms with Crippen LogP contribution in [0.25, 0.3) is 0 Å². The minimum Gasteiger partial charge on any atom is -0.497 e. The number of rotatable bonds is 3. The Labute approximate surface area is 127 Å². The van der Waals surface area contributed by atoms with E-state index in [1.807, 2.05) is 57.2 Å². The van der Waals surface area contributed by atoms with Crippen LogP contribution in [0.15, 0.2) is 48.5 Å². The van der Waals surface area contributed by atoms with Crippen molar-refractivity contribution in [3.05, 3.63) is 59.7 Å². The number of anilines is 1. The number of carbonyl (C=O) groups is 1. The third-order valence-electron chi connectivity index (χ3n) is 3.10. The van der Waals surface area contributed by atoms with Gasteiger partial charge >= 0.3 is 0 Å². The number of amides is 1. The molecule has 21 heavy (non-hydrogen) atoms. The molecule has 3 nitrogen and oxygen atoms in total. The number of hydrogen-bond acceptors (Lipinski definition) is 2. The molecule has 3 heteroatoms. The molecule has 0 spiro atoms. The summed E-state index contributed by atoms with van der Waals surface area (Å²) in [7, 11) is 3.37. The summed E-state index contributed by atoms with van der Waals surface area (Å²) in [6.07, 6.45) is 0. The van der Waals surface area contributed by atoms with Gasteiger partial charge in [0.15, 0.2) is 0 Å². The molecule has 0 unspecified atom stereocenters. The Bertz CT molecular complexity index is 593. The van der Waals surface area contributed by atoms with Gasteiger partial charge in [-0.25, -0.2) is 0 Å². The van der Waals surface area contributed by atoms with Gasteiger partial charge in [0, 0.05) is 18.3 Å². The molecule has 0 saturated heterocycles. The van der Waals surface area contributed by atoms with Crippen LogP contribution in [0.3, 0.4) is 0 Å². The van der Waals surface area contributed by atoms with Gasteiger partial charge in [0.1, 0.15) is 5.75 Å². The summed E-state index contributed by atoms with van der Waals surface area (Å²) in [6, 6.07) is 15.0. The highest BCUT2D eigenvalue weighted by Crippen LogP contribution is 2.21. The Hall–Kier alpha value is -2.29. The molecule has 0 radical (unpaired) electrons. The molecule has 2 aromatic carbocycles. The fraction of sp³-hybridized carbons (Fsp3) is 0.278. The number of ether oxygens (including phenoxy) is 1. The van der Waals surface area contributed by atoms with Crippen molar-refractivity contribution in [3.63, 3.8) is 0 Å².